The SMILES string of the molecule is CCCCCCCCCC/C=C\CCCCCCCCCCCCCCCCCCCCCCCC(=O)OC(CO)COC(=O)CCCCCCCCCCCCCCCCCCCCCCCCCCCCCCCCCCCCCCCCC. The first-order valence-electron chi connectivity index (χ1n) is 40.2. The second-order valence-corrected chi connectivity index (χ2v) is 27.9. The van der Waals surface area contributed by atoms with Gasteiger partial charge < -0.3 is 14.6 Å². The van der Waals surface area contributed by atoms with Crippen LogP contribution in [0, 0.1) is 0 Å². The van der Waals surface area contributed by atoms with E-state index < -0.39 is 6.10 Å². The van der Waals surface area contributed by atoms with Gasteiger partial charge in [-0.25, -0.2) is 0 Å². The lowest BCUT2D eigenvalue weighted by atomic mass is 10.0. The molecule has 0 amide bonds. The van der Waals surface area contributed by atoms with Crippen molar-refractivity contribution in [2.24, 2.45) is 0 Å². The topological polar surface area (TPSA) is 72.8 Å². The van der Waals surface area contributed by atoms with Crippen LogP contribution in [0.5, 0.6) is 0 Å². The third kappa shape index (κ3) is 75.1. The molecule has 86 heavy (non-hydrogen) atoms. The van der Waals surface area contributed by atoms with Gasteiger partial charge in [0, 0.05) is 12.8 Å². The second kappa shape index (κ2) is 77.9. The quantitative estimate of drug-likeness (QED) is 0.0373. The Labute approximate surface area is 541 Å². The number of ether oxygens (including phenoxy) is 2. The van der Waals surface area contributed by atoms with E-state index in [2.05, 4.69) is 26.0 Å². The van der Waals surface area contributed by atoms with E-state index in [0.717, 1.165) is 32.1 Å². The van der Waals surface area contributed by atoms with Crippen molar-refractivity contribution in [1.29, 1.82) is 0 Å². The molecule has 1 N–H and O–H groups in total. The van der Waals surface area contributed by atoms with Crippen LogP contribution in [-0.4, -0.2) is 36.4 Å². The smallest absolute Gasteiger partial charge is 0.306 e. The second-order valence-electron chi connectivity index (χ2n) is 27.9. The minimum Gasteiger partial charge on any atom is -0.462 e. The van der Waals surface area contributed by atoms with E-state index in [1.807, 2.05) is 0 Å². The molecule has 5 nitrogen and oxygen atoms in total. The number of rotatable bonds is 77. The van der Waals surface area contributed by atoms with Gasteiger partial charge in [-0.2, -0.15) is 0 Å². The summed E-state index contributed by atoms with van der Waals surface area (Å²) in [6, 6.07) is 0. The maximum absolute atomic E-state index is 12.4. The predicted octanol–water partition coefficient (Wildman–Crippen LogP) is 28.1. The molecule has 1 unspecified atom stereocenters. The average Bonchev–Trinajstić information content (AvgIpc) is 3.55. The number of carbonyl (C=O) groups is 2. The number of aliphatic hydroxyl groups is 1. The molecule has 0 aromatic heterocycles. The van der Waals surface area contributed by atoms with Crippen LogP contribution in [0.3, 0.4) is 0 Å². The van der Waals surface area contributed by atoms with Gasteiger partial charge in [-0.15, -0.1) is 0 Å². The molecule has 0 radical (unpaired) electrons. The summed E-state index contributed by atoms with van der Waals surface area (Å²) >= 11 is 0. The highest BCUT2D eigenvalue weighted by Gasteiger charge is 2.16. The number of carbonyl (C=O) groups excluding carboxylic acids is 2. The summed E-state index contributed by atoms with van der Waals surface area (Å²) in [5, 5.41) is 9.73. The lowest BCUT2D eigenvalue weighted by Crippen LogP contribution is -2.28. The van der Waals surface area contributed by atoms with Gasteiger partial charge in [-0.05, 0) is 38.5 Å². The summed E-state index contributed by atoms with van der Waals surface area (Å²) in [7, 11) is 0. The van der Waals surface area contributed by atoms with Crippen LogP contribution in [0.25, 0.3) is 0 Å². The Hall–Kier alpha value is -1.36. The Morgan fingerprint density at radius 2 is 0.430 bits per heavy atom. The van der Waals surface area contributed by atoms with Gasteiger partial charge in [-0.1, -0.05) is 437 Å². The van der Waals surface area contributed by atoms with Crippen molar-refractivity contribution in [3.8, 4) is 0 Å². The molecule has 0 aliphatic carbocycles. The summed E-state index contributed by atoms with van der Waals surface area (Å²) in [5.41, 5.74) is 0. The van der Waals surface area contributed by atoms with E-state index >= 15 is 0 Å². The minimum atomic E-state index is -0.768. The Morgan fingerprint density at radius 1 is 0.256 bits per heavy atom. The fraction of sp³-hybridized carbons (Fsp3) is 0.951. The maximum atomic E-state index is 12.4. The summed E-state index contributed by atoms with van der Waals surface area (Å²) in [4.78, 5) is 24.7. The van der Waals surface area contributed by atoms with Crippen molar-refractivity contribution >= 4 is 11.9 Å². The van der Waals surface area contributed by atoms with Crippen LogP contribution in [-0.2, 0) is 19.1 Å². The van der Waals surface area contributed by atoms with E-state index in [4.69, 9.17) is 9.47 Å². The monoisotopic (exact) mass is 1210 g/mol. The Kier molecular flexibility index (Phi) is 76.7. The molecule has 0 aromatic carbocycles. The van der Waals surface area contributed by atoms with Gasteiger partial charge in [0.15, 0.2) is 6.10 Å². The predicted molar refractivity (Wildman–Crippen MR) is 381 cm³/mol. The van der Waals surface area contributed by atoms with E-state index in [9.17, 15) is 14.7 Å². The fourth-order valence-corrected chi connectivity index (χ4v) is 13.0. The van der Waals surface area contributed by atoms with Crippen LogP contribution in [0.4, 0.5) is 0 Å². The van der Waals surface area contributed by atoms with Gasteiger partial charge >= 0.3 is 11.9 Å². The van der Waals surface area contributed by atoms with Crippen LogP contribution in [0.2, 0.25) is 0 Å². The van der Waals surface area contributed by atoms with Crippen LogP contribution < -0.4 is 0 Å². The Morgan fingerprint density at radius 3 is 0.628 bits per heavy atom. The van der Waals surface area contributed by atoms with Crippen LogP contribution in [0.15, 0.2) is 12.2 Å². The zero-order chi connectivity index (χ0) is 61.9. The zero-order valence-electron chi connectivity index (χ0n) is 59.1. The third-order valence-corrected chi connectivity index (χ3v) is 19.1. The van der Waals surface area contributed by atoms with Gasteiger partial charge in [0.05, 0.1) is 6.61 Å². The summed E-state index contributed by atoms with van der Waals surface area (Å²) < 4.78 is 10.8. The van der Waals surface area contributed by atoms with Gasteiger partial charge in [0.1, 0.15) is 6.61 Å². The third-order valence-electron chi connectivity index (χ3n) is 19.1. The first kappa shape index (κ1) is 84.6. The largest absolute Gasteiger partial charge is 0.462 e. The highest BCUT2D eigenvalue weighted by atomic mass is 16.6. The molecule has 5 heteroatoms. The van der Waals surface area contributed by atoms with Crippen LogP contribution in [0.1, 0.15) is 476 Å². The summed E-state index contributed by atoms with van der Waals surface area (Å²) in [6.07, 6.45) is 102. The van der Waals surface area contributed by atoms with E-state index in [1.165, 1.54) is 417 Å². The molecule has 1 atom stereocenters. The number of esters is 2. The zero-order valence-corrected chi connectivity index (χ0v) is 59.1. The normalized spacial score (nSPS) is 12.1. The number of unbranched alkanes of at least 4 members (excludes halogenated alkanes) is 67. The minimum absolute atomic E-state index is 0.0563. The number of hydrogen-bond donors (Lipinski definition) is 1. The van der Waals surface area contributed by atoms with E-state index in [-0.39, 0.29) is 25.2 Å². The number of aliphatic hydroxyl groups excluding tert-OH is 1. The lowest BCUT2D eigenvalue weighted by Gasteiger charge is -2.15. The van der Waals surface area contributed by atoms with E-state index in [0.29, 0.717) is 12.8 Å². The summed E-state index contributed by atoms with van der Waals surface area (Å²) in [5.74, 6) is -0.558. The first-order valence-corrected chi connectivity index (χ1v) is 40.2. The number of hydrogen-bond acceptors (Lipinski definition) is 5. The van der Waals surface area contributed by atoms with Gasteiger partial charge in [0.25, 0.3) is 0 Å². The van der Waals surface area contributed by atoms with E-state index in [1.54, 1.807) is 0 Å². The Bertz CT molecular complexity index is 1280. The molecule has 512 valence electrons. The lowest BCUT2D eigenvalue weighted by molar-refractivity contribution is -0.161. The fourth-order valence-electron chi connectivity index (χ4n) is 13.0. The van der Waals surface area contributed by atoms with Crippen molar-refractivity contribution in [3.05, 3.63) is 12.2 Å². The maximum Gasteiger partial charge on any atom is 0.306 e. The molecular formula is C81H158O5. The molecule has 0 fully saturated rings. The first-order chi connectivity index (χ1) is 42.6. The molecule has 0 aliphatic rings. The van der Waals surface area contributed by atoms with Crippen molar-refractivity contribution in [2.75, 3.05) is 13.2 Å². The van der Waals surface area contributed by atoms with Gasteiger partial charge in [-0.3, -0.25) is 9.59 Å². The molecule has 0 bridgehead atoms. The molecular weight excluding hydrogens is 1050 g/mol. The molecule has 0 saturated heterocycles. The van der Waals surface area contributed by atoms with Crippen molar-refractivity contribution in [2.45, 2.75) is 482 Å². The highest BCUT2D eigenvalue weighted by Crippen LogP contribution is 2.21. The standard InChI is InChI=1S/C81H158O5/c1-3-5-7-9-11-13-15-17-19-21-23-25-27-29-31-33-35-37-38-39-40-41-42-44-45-47-49-51-53-55-57-59-61-63-65-67-69-71-73-75-80(83)85-78-79(77-82)86-81(84)76-74-72-70-68-66-64-62-60-58-56-54-52-50-48-46-43-36-34-32-30-28-26-24-22-20-18-16-14-12-10-8-6-4-2/h22,24,79,82H,3-21,23,25-78H2,1-2H3/b24-22-. The molecule has 0 spiro atoms. The Balaban J connectivity index is 3.33. The number of allylic oxidation sites excluding steroid dienone is 2. The van der Waals surface area contributed by atoms with Gasteiger partial charge in [0.2, 0.25) is 0 Å². The van der Waals surface area contributed by atoms with Crippen molar-refractivity contribution < 1.29 is 24.2 Å². The molecule has 0 saturated carbocycles. The molecule has 0 aliphatic heterocycles. The summed E-state index contributed by atoms with van der Waals surface area (Å²) in [6.45, 7) is 4.23. The average molecular weight is 1210 g/mol. The molecule has 0 aromatic rings. The van der Waals surface area contributed by atoms with Crippen molar-refractivity contribution in [1.82, 2.24) is 0 Å². The van der Waals surface area contributed by atoms with Crippen LogP contribution >= 0.6 is 0 Å². The highest BCUT2D eigenvalue weighted by molar-refractivity contribution is 5.70. The molecule has 0 rings (SSSR count). The molecule has 0 heterocycles. The van der Waals surface area contributed by atoms with Crippen molar-refractivity contribution in [3.63, 3.8) is 0 Å².